The summed E-state index contributed by atoms with van der Waals surface area (Å²) in [4.78, 5) is 12.2. The zero-order valence-corrected chi connectivity index (χ0v) is 13.8. The van der Waals surface area contributed by atoms with Crippen molar-refractivity contribution in [2.24, 2.45) is 5.92 Å². The van der Waals surface area contributed by atoms with Gasteiger partial charge in [-0.15, -0.1) is 5.10 Å². The summed E-state index contributed by atoms with van der Waals surface area (Å²) in [5.41, 5.74) is 1.44. The highest BCUT2D eigenvalue weighted by Gasteiger charge is 2.30. The van der Waals surface area contributed by atoms with Gasteiger partial charge >= 0.3 is 5.97 Å². The van der Waals surface area contributed by atoms with Gasteiger partial charge in [0.15, 0.2) is 17.2 Å². The van der Waals surface area contributed by atoms with Gasteiger partial charge in [0.05, 0.1) is 18.0 Å². The second-order valence-electron chi connectivity index (χ2n) is 6.30. The number of carbonyl (C=O) groups is 1. The average molecular weight is 347 g/mol. The summed E-state index contributed by atoms with van der Waals surface area (Å²) in [7, 11) is 0. The van der Waals surface area contributed by atoms with Crippen LogP contribution in [-0.4, -0.2) is 47.0 Å². The molecule has 1 saturated carbocycles. The van der Waals surface area contributed by atoms with Gasteiger partial charge < -0.3 is 14.2 Å². The van der Waals surface area contributed by atoms with Gasteiger partial charge in [-0.3, -0.25) is 0 Å². The Bertz CT molecular complexity index is 801. The van der Waals surface area contributed by atoms with Crippen molar-refractivity contribution in [2.75, 3.05) is 19.8 Å². The van der Waals surface area contributed by atoms with Gasteiger partial charge in [0.1, 0.15) is 19.4 Å². The second kappa shape index (κ2) is 6.34. The average Bonchev–Trinajstić information content (AvgIpc) is 2.98. The number of hydrogen-bond donors (Lipinski definition) is 0. The molecule has 0 radical (unpaired) electrons. The van der Waals surface area contributed by atoms with E-state index >= 15 is 0 Å². The van der Waals surface area contributed by atoms with E-state index in [9.17, 15) is 9.18 Å². The van der Waals surface area contributed by atoms with E-state index in [1.807, 2.05) is 6.07 Å². The highest BCUT2D eigenvalue weighted by atomic mass is 19.1. The molecule has 0 atom stereocenters. The van der Waals surface area contributed by atoms with Crippen LogP contribution in [0.25, 0.3) is 5.69 Å². The molecule has 25 heavy (non-hydrogen) atoms. The van der Waals surface area contributed by atoms with Gasteiger partial charge in [-0.2, -0.15) is 0 Å². The fourth-order valence-electron chi connectivity index (χ4n) is 2.98. The van der Waals surface area contributed by atoms with Gasteiger partial charge in [0.2, 0.25) is 0 Å². The molecule has 1 aliphatic carbocycles. The number of alkyl halides is 1. The van der Waals surface area contributed by atoms with Crippen LogP contribution in [0.5, 0.6) is 11.5 Å². The molecule has 1 aromatic heterocycles. The molecule has 2 aromatic rings. The number of esters is 1. The fourth-order valence-corrected chi connectivity index (χ4v) is 2.98. The molecular weight excluding hydrogens is 329 g/mol. The summed E-state index contributed by atoms with van der Waals surface area (Å²) >= 11 is 0. The van der Waals surface area contributed by atoms with Crippen LogP contribution in [0.3, 0.4) is 0 Å². The van der Waals surface area contributed by atoms with Crippen LogP contribution < -0.4 is 9.47 Å². The molecule has 4 rings (SSSR count). The summed E-state index contributed by atoms with van der Waals surface area (Å²) in [6.45, 7) is 2.98. The molecule has 7 nitrogen and oxygen atoms in total. The number of aromatic nitrogens is 3. The van der Waals surface area contributed by atoms with E-state index in [-0.39, 0.29) is 18.2 Å². The number of rotatable bonds is 4. The van der Waals surface area contributed by atoms with E-state index in [0.29, 0.717) is 48.9 Å². The topological polar surface area (TPSA) is 75.5 Å². The van der Waals surface area contributed by atoms with Crippen LogP contribution in [0, 0.1) is 12.8 Å². The van der Waals surface area contributed by atoms with Crippen molar-refractivity contribution in [2.45, 2.75) is 25.9 Å². The lowest BCUT2D eigenvalue weighted by atomic mass is 9.84. The first-order chi connectivity index (χ1) is 12.1. The molecule has 0 bridgehead atoms. The zero-order valence-electron chi connectivity index (χ0n) is 13.8. The highest BCUT2D eigenvalue weighted by Crippen LogP contribution is 2.32. The Kier molecular flexibility index (Phi) is 4.03. The lowest BCUT2D eigenvalue weighted by Gasteiger charge is -2.28. The SMILES string of the molecule is Cc1c(C(=O)OCC2CC(F)C2)nnn1-c1ccc2c(c1)OCCO2. The summed E-state index contributed by atoms with van der Waals surface area (Å²) in [6.07, 6.45) is 0.147. The van der Waals surface area contributed by atoms with Crippen molar-refractivity contribution in [1.82, 2.24) is 15.0 Å². The fraction of sp³-hybridized carbons (Fsp3) is 0.471. The van der Waals surface area contributed by atoms with Crippen molar-refractivity contribution in [3.8, 4) is 17.2 Å². The molecule has 0 spiro atoms. The number of benzene rings is 1. The van der Waals surface area contributed by atoms with Crippen molar-refractivity contribution < 1.29 is 23.4 Å². The quantitative estimate of drug-likeness (QED) is 0.790. The lowest BCUT2D eigenvalue weighted by molar-refractivity contribution is 0.0219. The molecule has 2 aliphatic rings. The molecule has 1 fully saturated rings. The Labute approximate surface area is 143 Å². The van der Waals surface area contributed by atoms with E-state index in [4.69, 9.17) is 14.2 Å². The molecule has 0 unspecified atom stereocenters. The Morgan fingerprint density at radius 2 is 2.08 bits per heavy atom. The smallest absolute Gasteiger partial charge is 0.360 e. The van der Waals surface area contributed by atoms with Crippen LogP contribution in [0.2, 0.25) is 0 Å². The lowest BCUT2D eigenvalue weighted by Crippen LogP contribution is -2.29. The molecule has 0 amide bonds. The molecule has 1 aromatic carbocycles. The Hall–Kier alpha value is -2.64. The molecule has 8 heteroatoms. The summed E-state index contributed by atoms with van der Waals surface area (Å²) in [5.74, 6) is 0.878. The number of hydrogen-bond acceptors (Lipinski definition) is 6. The first kappa shape index (κ1) is 15.9. The maximum atomic E-state index is 12.8. The summed E-state index contributed by atoms with van der Waals surface area (Å²) in [6, 6.07) is 5.41. The van der Waals surface area contributed by atoms with Gasteiger partial charge in [-0.25, -0.2) is 13.9 Å². The van der Waals surface area contributed by atoms with Crippen LogP contribution in [-0.2, 0) is 4.74 Å². The summed E-state index contributed by atoms with van der Waals surface area (Å²) in [5, 5.41) is 7.97. The minimum atomic E-state index is -0.762. The van der Waals surface area contributed by atoms with E-state index in [1.54, 1.807) is 23.7 Å². The molecular formula is C17H18FN3O4. The third-order valence-corrected chi connectivity index (χ3v) is 4.49. The van der Waals surface area contributed by atoms with Crippen molar-refractivity contribution >= 4 is 5.97 Å². The molecule has 132 valence electrons. The molecule has 1 aliphatic heterocycles. The van der Waals surface area contributed by atoms with E-state index in [1.165, 1.54) is 0 Å². The normalized spacial score (nSPS) is 21.5. The third-order valence-electron chi connectivity index (χ3n) is 4.49. The van der Waals surface area contributed by atoms with E-state index in [0.717, 1.165) is 0 Å². The van der Waals surface area contributed by atoms with Crippen molar-refractivity contribution in [3.05, 3.63) is 29.6 Å². The standard InChI is InChI=1S/C17H18FN3O4/c1-10-16(17(22)25-9-11-6-12(18)7-11)19-20-21(10)13-2-3-14-15(8-13)24-5-4-23-14/h2-3,8,11-12H,4-7,9H2,1H3. The van der Waals surface area contributed by atoms with Crippen LogP contribution in [0.1, 0.15) is 29.0 Å². The van der Waals surface area contributed by atoms with Crippen LogP contribution in [0.15, 0.2) is 18.2 Å². The van der Waals surface area contributed by atoms with Gasteiger partial charge in [0, 0.05) is 6.07 Å². The van der Waals surface area contributed by atoms with E-state index < -0.39 is 12.1 Å². The number of fused-ring (bicyclic) bond motifs is 1. The third kappa shape index (κ3) is 3.04. The predicted molar refractivity (Wildman–Crippen MR) is 85.0 cm³/mol. The predicted octanol–water partition coefficient (Wildman–Crippen LogP) is 2.25. The van der Waals surface area contributed by atoms with Crippen molar-refractivity contribution in [1.29, 1.82) is 0 Å². The maximum absolute atomic E-state index is 12.8. The van der Waals surface area contributed by atoms with Gasteiger partial charge in [0.25, 0.3) is 0 Å². The zero-order chi connectivity index (χ0) is 17.4. The van der Waals surface area contributed by atoms with Crippen LogP contribution in [0.4, 0.5) is 4.39 Å². The monoisotopic (exact) mass is 347 g/mol. The number of halogens is 1. The van der Waals surface area contributed by atoms with Gasteiger partial charge in [-0.05, 0) is 37.8 Å². The number of nitrogens with zero attached hydrogens (tertiary/aromatic N) is 3. The largest absolute Gasteiger partial charge is 0.486 e. The van der Waals surface area contributed by atoms with Gasteiger partial charge in [-0.1, -0.05) is 5.21 Å². The summed E-state index contributed by atoms with van der Waals surface area (Å²) < 4.78 is 30.6. The Morgan fingerprint density at radius 3 is 2.84 bits per heavy atom. The first-order valence-corrected chi connectivity index (χ1v) is 8.25. The number of ether oxygens (including phenoxy) is 3. The highest BCUT2D eigenvalue weighted by molar-refractivity contribution is 5.88. The number of carbonyl (C=O) groups excluding carboxylic acids is 1. The minimum Gasteiger partial charge on any atom is -0.486 e. The van der Waals surface area contributed by atoms with Crippen molar-refractivity contribution in [3.63, 3.8) is 0 Å². The molecule has 2 heterocycles. The molecule has 0 N–H and O–H groups in total. The maximum Gasteiger partial charge on any atom is 0.360 e. The Morgan fingerprint density at radius 1 is 1.32 bits per heavy atom. The second-order valence-corrected chi connectivity index (χ2v) is 6.30. The Balaban J connectivity index is 1.49. The van der Waals surface area contributed by atoms with Crippen LogP contribution >= 0.6 is 0 Å². The first-order valence-electron chi connectivity index (χ1n) is 8.25. The van der Waals surface area contributed by atoms with E-state index in [2.05, 4.69) is 10.3 Å². The minimum absolute atomic E-state index is 0.104. The molecule has 0 saturated heterocycles.